The average Bonchev–Trinajstić information content (AvgIpc) is 3.63. The van der Waals surface area contributed by atoms with Crippen LogP contribution in [0.1, 0.15) is 35.8 Å². The van der Waals surface area contributed by atoms with Gasteiger partial charge in [-0.05, 0) is 74.8 Å². The molecule has 0 unspecified atom stereocenters. The van der Waals surface area contributed by atoms with Crippen molar-refractivity contribution < 1.29 is 15.0 Å². The standard InChI is InChI=1S/C28H29ClN4O3/c1-2-30-28(36)27-20(11-12-31-27)23-9-10-24(21-15-22(29)26(35)16-25(21)34)33(23)19-7-5-18(6-8-19)17-32-13-3-4-14-32/h5-12,15-16,31,34-35H,2-4,13-14,17H2,1H3,(H,30,36). The highest BCUT2D eigenvalue weighted by Crippen LogP contribution is 2.41. The highest BCUT2D eigenvalue weighted by atomic mass is 35.5. The molecule has 1 fully saturated rings. The van der Waals surface area contributed by atoms with Gasteiger partial charge in [-0.25, -0.2) is 0 Å². The van der Waals surface area contributed by atoms with Crippen LogP contribution in [-0.4, -0.2) is 50.2 Å². The fourth-order valence-electron chi connectivity index (χ4n) is 4.86. The molecule has 5 rings (SSSR count). The van der Waals surface area contributed by atoms with Crippen LogP contribution in [0.3, 0.4) is 0 Å². The molecule has 1 aliphatic heterocycles. The van der Waals surface area contributed by atoms with Crippen LogP contribution in [-0.2, 0) is 6.54 Å². The number of aromatic hydroxyl groups is 2. The highest BCUT2D eigenvalue weighted by Gasteiger charge is 2.22. The fraction of sp³-hybridized carbons (Fsp3) is 0.250. The summed E-state index contributed by atoms with van der Waals surface area (Å²) in [5.74, 6) is -0.471. The van der Waals surface area contributed by atoms with Crippen molar-refractivity contribution in [2.45, 2.75) is 26.3 Å². The molecule has 0 saturated carbocycles. The molecule has 0 aliphatic carbocycles. The lowest BCUT2D eigenvalue weighted by atomic mass is 10.1. The van der Waals surface area contributed by atoms with Gasteiger partial charge in [-0.1, -0.05) is 23.7 Å². The third kappa shape index (κ3) is 4.59. The highest BCUT2D eigenvalue weighted by molar-refractivity contribution is 6.32. The number of H-pyrrole nitrogens is 1. The van der Waals surface area contributed by atoms with Gasteiger partial charge in [-0.3, -0.25) is 9.69 Å². The monoisotopic (exact) mass is 504 g/mol. The molecule has 4 aromatic rings. The molecular formula is C28H29ClN4O3. The van der Waals surface area contributed by atoms with E-state index in [4.69, 9.17) is 11.6 Å². The minimum Gasteiger partial charge on any atom is -0.507 e. The number of phenols is 2. The molecule has 7 nitrogen and oxygen atoms in total. The predicted octanol–water partition coefficient (Wildman–Crippen LogP) is 5.55. The fourth-order valence-corrected chi connectivity index (χ4v) is 5.02. The van der Waals surface area contributed by atoms with Crippen LogP contribution in [0, 0.1) is 0 Å². The quantitative estimate of drug-likeness (QED) is 0.265. The van der Waals surface area contributed by atoms with Crippen molar-refractivity contribution in [2.24, 2.45) is 0 Å². The maximum atomic E-state index is 12.7. The van der Waals surface area contributed by atoms with E-state index in [2.05, 4.69) is 39.5 Å². The van der Waals surface area contributed by atoms with Crippen LogP contribution in [0.5, 0.6) is 11.5 Å². The van der Waals surface area contributed by atoms with E-state index in [9.17, 15) is 15.0 Å². The molecule has 186 valence electrons. The number of carbonyl (C=O) groups excluding carboxylic acids is 1. The van der Waals surface area contributed by atoms with Crippen molar-refractivity contribution in [3.63, 3.8) is 0 Å². The molecule has 2 aromatic carbocycles. The number of benzene rings is 2. The number of carbonyl (C=O) groups is 1. The lowest BCUT2D eigenvalue weighted by molar-refractivity contribution is 0.0952. The van der Waals surface area contributed by atoms with E-state index in [1.807, 2.05) is 29.7 Å². The lowest BCUT2D eigenvalue weighted by Gasteiger charge is -2.18. The molecule has 1 aliphatic rings. The maximum Gasteiger partial charge on any atom is 0.268 e. The molecule has 4 N–H and O–H groups in total. The number of nitrogens with zero attached hydrogens (tertiary/aromatic N) is 2. The van der Waals surface area contributed by atoms with Gasteiger partial charge < -0.3 is 25.1 Å². The van der Waals surface area contributed by atoms with Gasteiger partial charge >= 0.3 is 0 Å². The number of rotatable bonds is 7. The molecule has 3 heterocycles. The Balaban J connectivity index is 1.63. The van der Waals surface area contributed by atoms with Crippen molar-refractivity contribution in [1.29, 1.82) is 0 Å². The van der Waals surface area contributed by atoms with Crippen LogP contribution in [0.4, 0.5) is 0 Å². The van der Waals surface area contributed by atoms with Gasteiger partial charge in [-0.15, -0.1) is 0 Å². The molecule has 8 heteroatoms. The van der Waals surface area contributed by atoms with Crippen molar-refractivity contribution in [3.05, 3.63) is 77.1 Å². The summed E-state index contributed by atoms with van der Waals surface area (Å²) < 4.78 is 1.99. The molecule has 1 amide bonds. The largest absolute Gasteiger partial charge is 0.507 e. The number of phenolic OH excluding ortho intramolecular Hbond substituents is 2. The van der Waals surface area contributed by atoms with Gasteiger partial charge in [0.25, 0.3) is 5.91 Å². The summed E-state index contributed by atoms with van der Waals surface area (Å²) in [6.45, 7) is 5.57. The van der Waals surface area contributed by atoms with Crippen LogP contribution in [0.2, 0.25) is 5.02 Å². The van der Waals surface area contributed by atoms with Gasteiger partial charge in [0.1, 0.15) is 17.2 Å². The maximum absolute atomic E-state index is 12.7. The Labute approximate surface area is 215 Å². The van der Waals surface area contributed by atoms with Crippen molar-refractivity contribution in [3.8, 4) is 39.7 Å². The van der Waals surface area contributed by atoms with E-state index in [1.165, 1.54) is 24.5 Å². The number of halogens is 1. The topological polar surface area (TPSA) is 93.5 Å². The minimum absolute atomic E-state index is 0.0912. The van der Waals surface area contributed by atoms with E-state index in [0.717, 1.165) is 36.6 Å². The van der Waals surface area contributed by atoms with Crippen molar-refractivity contribution in [1.82, 2.24) is 19.8 Å². The Morgan fingerprint density at radius 1 is 0.972 bits per heavy atom. The van der Waals surface area contributed by atoms with Crippen LogP contribution in [0.25, 0.3) is 28.2 Å². The average molecular weight is 505 g/mol. The molecule has 36 heavy (non-hydrogen) atoms. The number of nitrogens with one attached hydrogen (secondary N) is 2. The zero-order chi connectivity index (χ0) is 25.2. The van der Waals surface area contributed by atoms with Gasteiger partial charge in [0.2, 0.25) is 0 Å². The second-order valence-electron chi connectivity index (χ2n) is 9.04. The number of amides is 1. The second kappa shape index (κ2) is 10.1. The third-order valence-corrected chi connectivity index (χ3v) is 6.91. The van der Waals surface area contributed by atoms with Crippen LogP contribution >= 0.6 is 11.6 Å². The third-order valence-electron chi connectivity index (χ3n) is 6.61. The van der Waals surface area contributed by atoms with Crippen molar-refractivity contribution >= 4 is 17.5 Å². The summed E-state index contributed by atoms with van der Waals surface area (Å²) >= 11 is 6.21. The summed E-state index contributed by atoms with van der Waals surface area (Å²) in [7, 11) is 0. The van der Waals surface area contributed by atoms with Gasteiger partial charge in [0, 0.05) is 42.2 Å². The summed E-state index contributed by atoms with van der Waals surface area (Å²) in [5, 5.41) is 23.6. The molecule has 0 spiro atoms. The zero-order valence-electron chi connectivity index (χ0n) is 20.1. The van der Waals surface area contributed by atoms with Crippen LogP contribution in [0.15, 0.2) is 60.8 Å². The van der Waals surface area contributed by atoms with Gasteiger partial charge in [0.15, 0.2) is 0 Å². The Bertz CT molecular complexity index is 1380. The molecule has 2 aromatic heterocycles. The molecule has 0 radical (unpaired) electrons. The second-order valence-corrected chi connectivity index (χ2v) is 9.44. The Morgan fingerprint density at radius 2 is 1.67 bits per heavy atom. The Kier molecular flexibility index (Phi) is 6.76. The smallest absolute Gasteiger partial charge is 0.268 e. The molecule has 1 saturated heterocycles. The van der Waals surface area contributed by atoms with E-state index in [1.54, 1.807) is 12.3 Å². The Hall–Kier alpha value is -3.68. The first-order valence-electron chi connectivity index (χ1n) is 12.2. The first-order chi connectivity index (χ1) is 17.5. The first-order valence-corrected chi connectivity index (χ1v) is 12.5. The van der Waals surface area contributed by atoms with Gasteiger partial charge in [0.05, 0.1) is 16.4 Å². The van der Waals surface area contributed by atoms with E-state index in [0.29, 0.717) is 23.5 Å². The van der Waals surface area contributed by atoms with E-state index >= 15 is 0 Å². The van der Waals surface area contributed by atoms with E-state index in [-0.39, 0.29) is 22.4 Å². The SMILES string of the molecule is CCNC(=O)c1[nH]ccc1-c1ccc(-c2cc(Cl)c(O)cc2O)n1-c1ccc(CN2CCCC2)cc1. The number of aromatic nitrogens is 2. The molecular weight excluding hydrogens is 476 g/mol. The number of hydrogen-bond acceptors (Lipinski definition) is 4. The predicted molar refractivity (Wildman–Crippen MR) is 142 cm³/mol. The van der Waals surface area contributed by atoms with E-state index < -0.39 is 0 Å². The molecule has 0 atom stereocenters. The van der Waals surface area contributed by atoms with Crippen LogP contribution < -0.4 is 5.32 Å². The minimum atomic E-state index is -0.191. The number of likely N-dealkylation sites (tertiary alicyclic amines) is 1. The normalized spacial score (nSPS) is 13.8. The zero-order valence-corrected chi connectivity index (χ0v) is 20.8. The summed E-state index contributed by atoms with van der Waals surface area (Å²) in [6.07, 6.45) is 4.24. The Morgan fingerprint density at radius 3 is 2.36 bits per heavy atom. The van der Waals surface area contributed by atoms with Gasteiger partial charge in [-0.2, -0.15) is 0 Å². The van der Waals surface area contributed by atoms with Crippen molar-refractivity contribution in [2.75, 3.05) is 19.6 Å². The molecule has 0 bridgehead atoms. The number of aromatic amines is 1. The number of hydrogen-bond donors (Lipinski definition) is 4. The first kappa shape index (κ1) is 24.0. The summed E-state index contributed by atoms with van der Waals surface area (Å²) in [4.78, 5) is 18.2. The summed E-state index contributed by atoms with van der Waals surface area (Å²) in [6, 6.07) is 16.8. The summed E-state index contributed by atoms with van der Waals surface area (Å²) in [5.41, 5.74) is 5.24. The lowest BCUT2D eigenvalue weighted by Crippen LogP contribution is -2.23.